The van der Waals surface area contributed by atoms with Gasteiger partial charge < -0.3 is 10.3 Å². The zero-order valence-corrected chi connectivity index (χ0v) is 10.1. The molecule has 0 saturated carbocycles. The number of nitrogens with zero attached hydrogens (tertiary/aromatic N) is 2. The van der Waals surface area contributed by atoms with Crippen molar-refractivity contribution < 1.29 is 4.52 Å². The molecule has 0 spiro atoms. The number of thiophene rings is 1. The molecular formula is C11H15N3OS. The molecule has 0 saturated heterocycles. The summed E-state index contributed by atoms with van der Waals surface area (Å²) in [4.78, 5) is 5.47. The van der Waals surface area contributed by atoms with Gasteiger partial charge in [-0.25, -0.2) is 0 Å². The minimum absolute atomic E-state index is 0.638. The van der Waals surface area contributed by atoms with Crippen molar-refractivity contribution in [1.29, 1.82) is 0 Å². The zero-order valence-electron chi connectivity index (χ0n) is 9.27. The quantitative estimate of drug-likeness (QED) is 0.866. The van der Waals surface area contributed by atoms with Gasteiger partial charge in [0.1, 0.15) is 0 Å². The molecule has 0 atom stereocenters. The van der Waals surface area contributed by atoms with Gasteiger partial charge >= 0.3 is 0 Å². The smallest absolute Gasteiger partial charge is 0.268 e. The van der Waals surface area contributed by atoms with Crippen molar-refractivity contribution in [2.24, 2.45) is 5.73 Å². The van der Waals surface area contributed by atoms with Crippen molar-refractivity contribution in [2.75, 3.05) is 6.54 Å². The van der Waals surface area contributed by atoms with E-state index in [1.165, 1.54) is 5.56 Å². The molecule has 0 amide bonds. The van der Waals surface area contributed by atoms with E-state index in [4.69, 9.17) is 10.3 Å². The van der Waals surface area contributed by atoms with Crippen LogP contribution in [0, 0.1) is 0 Å². The van der Waals surface area contributed by atoms with Gasteiger partial charge in [0.15, 0.2) is 5.82 Å². The fourth-order valence-corrected chi connectivity index (χ4v) is 2.43. The molecule has 0 bridgehead atoms. The van der Waals surface area contributed by atoms with Crippen LogP contribution in [0.4, 0.5) is 0 Å². The fourth-order valence-electron chi connectivity index (χ4n) is 1.51. The molecule has 0 radical (unpaired) electrons. The second-order valence-electron chi connectivity index (χ2n) is 3.54. The highest BCUT2D eigenvalue weighted by Gasteiger charge is 2.13. The van der Waals surface area contributed by atoms with Gasteiger partial charge in [0.2, 0.25) is 0 Å². The Kier molecular flexibility index (Phi) is 3.69. The normalized spacial score (nSPS) is 10.9. The van der Waals surface area contributed by atoms with E-state index >= 15 is 0 Å². The van der Waals surface area contributed by atoms with E-state index in [1.54, 1.807) is 11.3 Å². The Morgan fingerprint density at radius 2 is 2.38 bits per heavy atom. The Balaban J connectivity index is 2.18. The van der Waals surface area contributed by atoms with Crippen LogP contribution in [-0.4, -0.2) is 16.7 Å². The van der Waals surface area contributed by atoms with Crippen molar-refractivity contribution in [1.82, 2.24) is 10.1 Å². The van der Waals surface area contributed by atoms with Crippen LogP contribution in [0.15, 0.2) is 16.0 Å². The maximum absolute atomic E-state index is 5.44. The summed E-state index contributed by atoms with van der Waals surface area (Å²) in [5, 5.41) is 6.00. The molecule has 86 valence electrons. The molecule has 0 aliphatic heterocycles. The lowest BCUT2D eigenvalue weighted by Gasteiger charge is -1.93. The molecule has 2 rings (SSSR count). The van der Waals surface area contributed by atoms with E-state index in [0.717, 1.165) is 30.0 Å². The summed E-state index contributed by atoms with van der Waals surface area (Å²) in [6.45, 7) is 2.78. The summed E-state index contributed by atoms with van der Waals surface area (Å²) in [6, 6.07) is 2.10. The molecule has 0 fully saturated rings. The van der Waals surface area contributed by atoms with E-state index in [9.17, 15) is 0 Å². The lowest BCUT2D eigenvalue weighted by Crippen LogP contribution is -2.01. The molecule has 2 N–H and O–H groups in total. The molecule has 2 heterocycles. The van der Waals surface area contributed by atoms with Crippen LogP contribution in [0.5, 0.6) is 0 Å². The molecule has 4 nitrogen and oxygen atoms in total. The third-order valence-corrected chi connectivity index (χ3v) is 3.34. The van der Waals surface area contributed by atoms with Gasteiger partial charge in [-0.15, -0.1) is 11.3 Å². The lowest BCUT2D eigenvalue weighted by atomic mass is 10.2. The van der Waals surface area contributed by atoms with Gasteiger partial charge in [-0.2, -0.15) is 4.98 Å². The van der Waals surface area contributed by atoms with Crippen molar-refractivity contribution in [3.05, 3.63) is 22.8 Å². The predicted molar refractivity (Wildman–Crippen MR) is 64.4 cm³/mol. The third kappa shape index (κ3) is 2.31. The van der Waals surface area contributed by atoms with Crippen LogP contribution >= 0.6 is 11.3 Å². The predicted octanol–water partition coefficient (Wildman–Crippen LogP) is 2.25. The first-order valence-electron chi connectivity index (χ1n) is 5.44. The average Bonchev–Trinajstić information content (AvgIpc) is 2.94. The molecule has 2 aromatic heterocycles. The summed E-state index contributed by atoms with van der Waals surface area (Å²) < 4.78 is 5.26. The standard InChI is InChI=1S/C11H15N3OS/c1-2-8-5-7-16-10(8)11-13-9(14-15-11)4-3-6-12/h5,7H,2-4,6,12H2,1H3. The third-order valence-electron chi connectivity index (χ3n) is 2.39. The summed E-state index contributed by atoms with van der Waals surface area (Å²) in [7, 11) is 0. The number of hydrogen-bond acceptors (Lipinski definition) is 5. The summed E-state index contributed by atoms with van der Waals surface area (Å²) >= 11 is 1.64. The van der Waals surface area contributed by atoms with Crippen LogP contribution in [0.3, 0.4) is 0 Å². The molecule has 2 aromatic rings. The summed E-state index contributed by atoms with van der Waals surface area (Å²) in [5.41, 5.74) is 6.70. The molecule has 0 aliphatic carbocycles. The highest BCUT2D eigenvalue weighted by atomic mass is 32.1. The van der Waals surface area contributed by atoms with Crippen LogP contribution in [-0.2, 0) is 12.8 Å². The molecule has 5 heteroatoms. The first-order valence-corrected chi connectivity index (χ1v) is 6.32. The van der Waals surface area contributed by atoms with Gasteiger partial charge in [0.25, 0.3) is 5.89 Å². The SMILES string of the molecule is CCc1ccsc1-c1nc(CCCN)no1. The first kappa shape index (κ1) is 11.3. The summed E-state index contributed by atoms with van der Waals surface area (Å²) in [5.74, 6) is 1.38. The van der Waals surface area contributed by atoms with Gasteiger partial charge in [0, 0.05) is 6.42 Å². The fraction of sp³-hybridized carbons (Fsp3) is 0.455. The molecule has 0 aromatic carbocycles. The largest absolute Gasteiger partial charge is 0.333 e. The van der Waals surface area contributed by atoms with Gasteiger partial charge in [-0.1, -0.05) is 12.1 Å². The first-order chi connectivity index (χ1) is 7.85. The number of aryl methyl sites for hydroxylation is 2. The number of aromatic nitrogens is 2. The Morgan fingerprint density at radius 3 is 3.12 bits per heavy atom. The number of nitrogens with two attached hydrogens (primary N) is 1. The van der Waals surface area contributed by atoms with E-state index in [-0.39, 0.29) is 0 Å². The van der Waals surface area contributed by atoms with E-state index in [2.05, 4.69) is 28.5 Å². The maximum atomic E-state index is 5.44. The van der Waals surface area contributed by atoms with Gasteiger partial charge in [-0.3, -0.25) is 0 Å². The van der Waals surface area contributed by atoms with Gasteiger partial charge in [0.05, 0.1) is 4.88 Å². The molecule has 0 aliphatic rings. The Morgan fingerprint density at radius 1 is 1.50 bits per heavy atom. The monoisotopic (exact) mass is 237 g/mol. The minimum atomic E-state index is 0.638. The van der Waals surface area contributed by atoms with Crippen molar-refractivity contribution in [2.45, 2.75) is 26.2 Å². The highest BCUT2D eigenvalue weighted by molar-refractivity contribution is 7.13. The lowest BCUT2D eigenvalue weighted by molar-refractivity contribution is 0.422. The second-order valence-corrected chi connectivity index (χ2v) is 4.45. The molecule has 16 heavy (non-hydrogen) atoms. The minimum Gasteiger partial charge on any atom is -0.333 e. The Bertz CT molecular complexity index is 450. The van der Waals surface area contributed by atoms with E-state index < -0.39 is 0 Å². The van der Waals surface area contributed by atoms with Crippen molar-refractivity contribution in [3.8, 4) is 10.8 Å². The highest BCUT2D eigenvalue weighted by Crippen LogP contribution is 2.28. The number of rotatable bonds is 5. The van der Waals surface area contributed by atoms with Crippen molar-refractivity contribution in [3.63, 3.8) is 0 Å². The van der Waals surface area contributed by atoms with Crippen LogP contribution in [0.1, 0.15) is 24.7 Å². The van der Waals surface area contributed by atoms with Gasteiger partial charge in [-0.05, 0) is 36.4 Å². The summed E-state index contributed by atoms with van der Waals surface area (Å²) in [6.07, 6.45) is 2.66. The van der Waals surface area contributed by atoms with Crippen LogP contribution < -0.4 is 5.73 Å². The average molecular weight is 237 g/mol. The maximum Gasteiger partial charge on any atom is 0.268 e. The zero-order chi connectivity index (χ0) is 11.4. The number of hydrogen-bond donors (Lipinski definition) is 1. The Hall–Kier alpha value is -1.20. The molecule has 0 unspecified atom stereocenters. The second kappa shape index (κ2) is 5.23. The Labute approximate surface area is 98.5 Å². The van der Waals surface area contributed by atoms with E-state index in [0.29, 0.717) is 12.4 Å². The van der Waals surface area contributed by atoms with E-state index in [1.807, 2.05) is 0 Å². The van der Waals surface area contributed by atoms with Crippen LogP contribution in [0.2, 0.25) is 0 Å². The van der Waals surface area contributed by atoms with Crippen molar-refractivity contribution >= 4 is 11.3 Å². The molecular weight excluding hydrogens is 222 g/mol. The topological polar surface area (TPSA) is 64.9 Å². The van der Waals surface area contributed by atoms with Crippen LogP contribution in [0.25, 0.3) is 10.8 Å².